The minimum Gasteiger partial charge on any atom is -0.271 e. The van der Waals surface area contributed by atoms with Crippen LogP contribution in [0.4, 0.5) is 0 Å². The molecule has 0 aliphatic heterocycles. The highest BCUT2D eigenvalue weighted by Crippen LogP contribution is 2.27. The van der Waals surface area contributed by atoms with Gasteiger partial charge in [-0.3, -0.25) is 4.68 Å². The van der Waals surface area contributed by atoms with E-state index in [2.05, 4.69) is 27.3 Å². The van der Waals surface area contributed by atoms with Gasteiger partial charge >= 0.3 is 0 Å². The second-order valence-electron chi connectivity index (χ2n) is 6.11. The standard InChI is InChI=1S/C17H21N3O2S2/c1-11(9-14-10-23-16-8-6-5-7-15(14)16)19-24(21,22)17-12(2)18-20(4)13(17)3/h5-8,10-11,19H,9H2,1-4H3. The van der Waals surface area contributed by atoms with Gasteiger partial charge in [0, 0.05) is 17.8 Å². The summed E-state index contributed by atoms with van der Waals surface area (Å²) in [5, 5.41) is 7.50. The van der Waals surface area contributed by atoms with E-state index in [0.29, 0.717) is 17.8 Å². The van der Waals surface area contributed by atoms with E-state index in [1.807, 2.05) is 19.1 Å². The third kappa shape index (κ3) is 3.11. The van der Waals surface area contributed by atoms with Gasteiger partial charge in [0.1, 0.15) is 4.90 Å². The summed E-state index contributed by atoms with van der Waals surface area (Å²) in [5.41, 5.74) is 2.34. The minimum atomic E-state index is -3.59. The minimum absolute atomic E-state index is 0.202. The van der Waals surface area contributed by atoms with Crippen LogP contribution >= 0.6 is 11.3 Å². The summed E-state index contributed by atoms with van der Waals surface area (Å²) in [5.74, 6) is 0. The molecule has 0 saturated heterocycles. The largest absolute Gasteiger partial charge is 0.271 e. The predicted molar refractivity (Wildman–Crippen MR) is 98.0 cm³/mol. The summed E-state index contributed by atoms with van der Waals surface area (Å²) in [4.78, 5) is 0.284. The normalized spacial score (nSPS) is 13.5. The molecule has 128 valence electrons. The van der Waals surface area contributed by atoms with Crippen molar-refractivity contribution in [1.82, 2.24) is 14.5 Å². The van der Waals surface area contributed by atoms with Crippen molar-refractivity contribution in [3.05, 3.63) is 46.6 Å². The van der Waals surface area contributed by atoms with Crippen LogP contribution in [0.15, 0.2) is 34.5 Å². The SMILES string of the molecule is Cc1nn(C)c(C)c1S(=O)(=O)NC(C)Cc1csc2ccccc12. The van der Waals surface area contributed by atoms with Crippen LogP contribution in [0.2, 0.25) is 0 Å². The molecule has 0 fully saturated rings. The van der Waals surface area contributed by atoms with Crippen LogP contribution in [-0.4, -0.2) is 24.2 Å². The first kappa shape index (κ1) is 17.1. The summed E-state index contributed by atoms with van der Waals surface area (Å²) >= 11 is 1.69. The smallest absolute Gasteiger partial charge is 0.244 e. The van der Waals surface area contributed by atoms with Crippen LogP contribution in [0.1, 0.15) is 23.9 Å². The second kappa shape index (κ2) is 6.31. The average Bonchev–Trinajstić information content (AvgIpc) is 3.00. The number of sulfonamides is 1. The number of nitrogens with one attached hydrogen (secondary N) is 1. The van der Waals surface area contributed by atoms with Crippen molar-refractivity contribution in [3.8, 4) is 0 Å². The summed E-state index contributed by atoms with van der Waals surface area (Å²) in [6, 6.07) is 7.99. The van der Waals surface area contributed by atoms with Gasteiger partial charge in [-0.05, 0) is 49.6 Å². The molecule has 0 aliphatic carbocycles. The van der Waals surface area contributed by atoms with E-state index in [1.54, 1.807) is 36.9 Å². The van der Waals surface area contributed by atoms with Gasteiger partial charge in [0.2, 0.25) is 10.0 Å². The zero-order valence-electron chi connectivity index (χ0n) is 14.2. The molecule has 0 amide bonds. The van der Waals surface area contributed by atoms with Crippen LogP contribution in [-0.2, 0) is 23.5 Å². The fraction of sp³-hybridized carbons (Fsp3) is 0.353. The number of hydrogen-bond donors (Lipinski definition) is 1. The van der Waals surface area contributed by atoms with Gasteiger partial charge in [0.15, 0.2) is 0 Å². The quantitative estimate of drug-likeness (QED) is 0.757. The molecule has 3 aromatic rings. The van der Waals surface area contributed by atoms with Crippen molar-refractivity contribution < 1.29 is 8.42 Å². The Morgan fingerprint density at radius 1 is 1.29 bits per heavy atom. The maximum absolute atomic E-state index is 12.7. The maximum Gasteiger partial charge on any atom is 0.244 e. The van der Waals surface area contributed by atoms with Gasteiger partial charge < -0.3 is 0 Å². The number of hydrogen-bond acceptors (Lipinski definition) is 4. The van der Waals surface area contributed by atoms with E-state index >= 15 is 0 Å². The maximum atomic E-state index is 12.7. The Hall–Kier alpha value is -1.70. The van der Waals surface area contributed by atoms with E-state index < -0.39 is 10.0 Å². The van der Waals surface area contributed by atoms with E-state index in [0.717, 1.165) is 0 Å². The lowest BCUT2D eigenvalue weighted by Crippen LogP contribution is -2.34. The highest BCUT2D eigenvalue weighted by Gasteiger charge is 2.25. The van der Waals surface area contributed by atoms with Crippen molar-refractivity contribution in [2.45, 2.75) is 38.1 Å². The van der Waals surface area contributed by atoms with E-state index in [-0.39, 0.29) is 10.9 Å². The molecule has 1 N–H and O–H groups in total. The molecular weight excluding hydrogens is 342 g/mol. The lowest BCUT2D eigenvalue weighted by molar-refractivity contribution is 0.559. The molecule has 1 unspecified atom stereocenters. The zero-order chi connectivity index (χ0) is 17.5. The van der Waals surface area contributed by atoms with Crippen LogP contribution in [0.25, 0.3) is 10.1 Å². The van der Waals surface area contributed by atoms with Crippen LogP contribution < -0.4 is 4.72 Å². The van der Waals surface area contributed by atoms with Crippen molar-refractivity contribution in [1.29, 1.82) is 0 Å². The predicted octanol–water partition coefficient (Wildman–Crippen LogP) is 3.16. The Kier molecular flexibility index (Phi) is 4.50. The molecule has 3 rings (SSSR count). The Labute approximate surface area is 146 Å². The third-order valence-corrected chi connectivity index (χ3v) is 7.01. The molecule has 0 aliphatic rings. The Morgan fingerprint density at radius 3 is 2.67 bits per heavy atom. The van der Waals surface area contributed by atoms with Crippen LogP contribution in [0, 0.1) is 13.8 Å². The van der Waals surface area contributed by atoms with Crippen molar-refractivity contribution in [3.63, 3.8) is 0 Å². The summed E-state index contributed by atoms with van der Waals surface area (Å²) in [7, 11) is -1.83. The Morgan fingerprint density at radius 2 is 2.00 bits per heavy atom. The van der Waals surface area contributed by atoms with Gasteiger partial charge in [-0.15, -0.1) is 11.3 Å². The number of rotatable bonds is 5. The summed E-state index contributed by atoms with van der Waals surface area (Å²) in [6.07, 6.45) is 0.654. The fourth-order valence-electron chi connectivity index (χ4n) is 3.03. The molecule has 7 heteroatoms. The molecule has 2 aromatic heterocycles. The Bertz CT molecular complexity index is 987. The van der Waals surface area contributed by atoms with Crippen LogP contribution in [0.5, 0.6) is 0 Å². The molecular formula is C17H21N3O2S2. The lowest BCUT2D eigenvalue weighted by atomic mass is 10.1. The van der Waals surface area contributed by atoms with Crippen molar-refractivity contribution in [2.75, 3.05) is 0 Å². The molecule has 24 heavy (non-hydrogen) atoms. The van der Waals surface area contributed by atoms with Crippen LogP contribution in [0.3, 0.4) is 0 Å². The van der Waals surface area contributed by atoms with Gasteiger partial charge in [-0.25, -0.2) is 13.1 Å². The Balaban J connectivity index is 1.82. The number of aryl methyl sites for hydroxylation is 2. The topological polar surface area (TPSA) is 64.0 Å². The van der Waals surface area contributed by atoms with E-state index in [1.165, 1.54) is 15.6 Å². The first-order chi connectivity index (χ1) is 11.3. The van der Waals surface area contributed by atoms with Gasteiger partial charge in [0.05, 0.1) is 11.4 Å². The third-order valence-electron chi connectivity index (χ3n) is 4.15. The van der Waals surface area contributed by atoms with Gasteiger partial charge in [0.25, 0.3) is 0 Å². The number of aromatic nitrogens is 2. The fourth-order valence-corrected chi connectivity index (χ4v) is 5.69. The molecule has 0 bridgehead atoms. The average molecular weight is 364 g/mol. The molecule has 1 atom stereocenters. The van der Waals surface area contributed by atoms with Crippen molar-refractivity contribution in [2.24, 2.45) is 7.05 Å². The molecule has 0 radical (unpaired) electrons. The number of thiophene rings is 1. The number of nitrogens with zero attached hydrogens (tertiary/aromatic N) is 2. The summed E-state index contributed by atoms with van der Waals surface area (Å²) < 4.78 is 31.1. The second-order valence-corrected chi connectivity index (χ2v) is 8.67. The van der Waals surface area contributed by atoms with E-state index in [4.69, 9.17) is 0 Å². The molecule has 0 saturated carbocycles. The monoisotopic (exact) mass is 363 g/mol. The highest BCUT2D eigenvalue weighted by atomic mass is 32.2. The number of fused-ring (bicyclic) bond motifs is 1. The van der Waals surface area contributed by atoms with Crippen molar-refractivity contribution >= 4 is 31.4 Å². The van der Waals surface area contributed by atoms with Gasteiger partial charge in [-0.1, -0.05) is 18.2 Å². The molecule has 2 heterocycles. The highest BCUT2D eigenvalue weighted by molar-refractivity contribution is 7.89. The van der Waals surface area contributed by atoms with Gasteiger partial charge in [-0.2, -0.15) is 5.10 Å². The lowest BCUT2D eigenvalue weighted by Gasteiger charge is -2.14. The number of benzene rings is 1. The van der Waals surface area contributed by atoms with E-state index in [9.17, 15) is 8.42 Å². The molecule has 1 aromatic carbocycles. The summed E-state index contributed by atoms with van der Waals surface area (Å²) in [6.45, 7) is 5.38. The molecule has 5 nitrogen and oxygen atoms in total. The first-order valence-corrected chi connectivity index (χ1v) is 10.1. The zero-order valence-corrected chi connectivity index (χ0v) is 15.8. The molecule has 0 spiro atoms. The first-order valence-electron chi connectivity index (χ1n) is 7.77.